The Morgan fingerprint density at radius 3 is 2.37 bits per heavy atom. The molecule has 1 fully saturated rings. The third kappa shape index (κ3) is 6.82. The normalized spacial score (nSPS) is 17.5. The number of allylic oxidation sites excluding steroid dienone is 2. The molecular formula is C26H32N2O2. The fraction of sp³-hybridized carbons (Fsp3) is 0.308. The van der Waals surface area contributed by atoms with Crippen molar-refractivity contribution in [3.63, 3.8) is 0 Å². The quantitative estimate of drug-likeness (QED) is 0.583. The van der Waals surface area contributed by atoms with Gasteiger partial charge in [-0.2, -0.15) is 0 Å². The van der Waals surface area contributed by atoms with E-state index in [0.29, 0.717) is 6.42 Å². The number of hydrogen-bond acceptors (Lipinski definition) is 4. The third-order valence-electron chi connectivity index (χ3n) is 4.88. The Kier molecular flexibility index (Phi) is 9.23. The van der Waals surface area contributed by atoms with Crippen molar-refractivity contribution in [1.82, 2.24) is 5.32 Å². The van der Waals surface area contributed by atoms with Crippen molar-refractivity contribution in [3.8, 4) is 0 Å². The third-order valence-corrected chi connectivity index (χ3v) is 4.88. The van der Waals surface area contributed by atoms with Gasteiger partial charge >= 0.3 is 0 Å². The van der Waals surface area contributed by atoms with E-state index >= 15 is 0 Å². The molecule has 0 amide bonds. The first-order valence-electron chi connectivity index (χ1n) is 10.3. The van der Waals surface area contributed by atoms with E-state index in [1.165, 1.54) is 0 Å². The maximum Gasteiger partial charge on any atom is 0.169 e. The number of carbonyl (C=O) groups is 2. The van der Waals surface area contributed by atoms with E-state index in [2.05, 4.69) is 5.32 Å². The predicted octanol–water partition coefficient (Wildman–Crippen LogP) is 4.62. The van der Waals surface area contributed by atoms with Crippen LogP contribution in [0.3, 0.4) is 0 Å². The van der Waals surface area contributed by atoms with Gasteiger partial charge in [-0.05, 0) is 74.3 Å². The Morgan fingerprint density at radius 1 is 1.03 bits per heavy atom. The molecule has 30 heavy (non-hydrogen) atoms. The minimum absolute atomic E-state index is 0.0261. The van der Waals surface area contributed by atoms with Crippen molar-refractivity contribution < 1.29 is 9.59 Å². The molecule has 4 nitrogen and oxygen atoms in total. The van der Waals surface area contributed by atoms with E-state index in [9.17, 15) is 9.59 Å². The lowest BCUT2D eigenvalue weighted by atomic mass is 9.81. The molecule has 0 heterocycles. The van der Waals surface area contributed by atoms with Crippen molar-refractivity contribution >= 4 is 29.4 Å². The summed E-state index contributed by atoms with van der Waals surface area (Å²) >= 11 is 0. The van der Waals surface area contributed by atoms with Crippen LogP contribution in [0.1, 0.15) is 30.4 Å². The van der Waals surface area contributed by atoms with Crippen LogP contribution in [0.25, 0.3) is 12.2 Å². The SMILES string of the molecule is CN(C)c1cccc(C=CC(=O)C2CCCC(=Cc3ccccc3)C2=O)c1.CNC. The van der Waals surface area contributed by atoms with Crippen LogP contribution in [0.15, 0.2) is 66.2 Å². The molecule has 0 saturated heterocycles. The van der Waals surface area contributed by atoms with E-state index in [-0.39, 0.29) is 11.6 Å². The van der Waals surface area contributed by atoms with Crippen LogP contribution in [0.2, 0.25) is 0 Å². The molecule has 2 aromatic carbocycles. The molecule has 0 aliphatic heterocycles. The van der Waals surface area contributed by atoms with Gasteiger partial charge in [-0.25, -0.2) is 0 Å². The fourth-order valence-corrected chi connectivity index (χ4v) is 3.34. The second-order valence-electron chi connectivity index (χ2n) is 7.61. The van der Waals surface area contributed by atoms with Crippen molar-refractivity contribution in [1.29, 1.82) is 0 Å². The molecule has 1 saturated carbocycles. The summed E-state index contributed by atoms with van der Waals surface area (Å²) in [7, 11) is 7.71. The van der Waals surface area contributed by atoms with Gasteiger partial charge in [0.15, 0.2) is 11.6 Å². The van der Waals surface area contributed by atoms with Crippen LogP contribution in [0.4, 0.5) is 5.69 Å². The molecule has 1 N–H and O–H groups in total. The van der Waals surface area contributed by atoms with Crippen molar-refractivity contribution in [2.45, 2.75) is 19.3 Å². The Labute approximate surface area is 180 Å². The van der Waals surface area contributed by atoms with Crippen LogP contribution in [0.5, 0.6) is 0 Å². The summed E-state index contributed by atoms with van der Waals surface area (Å²) in [5.74, 6) is -0.683. The van der Waals surface area contributed by atoms with Gasteiger partial charge in [0.2, 0.25) is 0 Å². The summed E-state index contributed by atoms with van der Waals surface area (Å²) in [6.07, 6.45) is 7.52. The predicted molar refractivity (Wildman–Crippen MR) is 127 cm³/mol. The van der Waals surface area contributed by atoms with Crippen LogP contribution in [0, 0.1) is 5.92 Å². The Hall–Kier alpha value is -2.98. The number of benzene rings is 2. The first-order valence-corrected chi connectivity index (χ1v) is 10.3. The van der Waals surface area contributed by atoms with E-state index in [1.54, 1.807) is 12.2 Å². The van der Waals surface area contributed by atoms with Crippen molar-refractivity contribution in [3.05, 3.63) is 77.4 Å². The molecule has 1 aliphatic carbocycles. The summed E-state index contributed by atoms with van der Waals surface area (Å²) < 4.78 is 0. The molecule has 0 radical (unpaired) electrons. The van der Waals surface area contributed by atoms with Gasteiger partial charge in [-0.1, -0.05) is 48.5 Å². The second-order valence-corrected chi connectivity index (χ2v) is 7.61. The lowest BCUT2D eigenvalue weighted by Crippen LogP contribution is -2.27. The van der Waals surface area contributed by atoms with Gasteiger partial charge in [0, 0.05) is 19.8 Å². The molecular weight excluding hydrogens is 372 g/mol. The van der Waals surface area contributed by atoms with Crippen molar-refractivity contribution in [2.24, 2.45) is 5.92 Å². The zero-order chi connectivity index (χ0) is 21.9. The van der Waals surface area contributed by atoms with Crippen LogP contribution < -0.4 is 10.2 Å². The topological polar surface area (TPSA) is 49.4 Å². The Bertz CT molecular complexity index is 898. The Balaban J connectivity index is 0.00000101. The summed E-state index contributed by atoms with van der Waals surface area (Å²) in [5.41, 5.74) is 3.79. The van der Waals surface area contributed by atoms with Crippen molar-refractivity contribution in [2.75, 3.05) is 33.1 Å². The summed E-state index contributed by atoms with van der Waals surface area (Å²) in [6, 6.07) is 17.8. The lowest BCUT2D eigenvalue weighted by Gasteiger charge is -2.21. The van der Waals surface area contributed by atoms with Gasteiger partial charge in [0.1, 0.15) is 0 Å². The van der Waals surface area contributed by atoms with E-state index < -0.39 is 5.92 Å². The minimum Gasteiger partial charge on any atom is -0.378 e. The number of nitrogens with zero attached hydrogens (tertiary/aromatic N) is 1. The molecule has 158 valence electrons. The van der Waals surface area contributed by atoms with Gasteiger partial charge in [0.25, 0.3) is 0 Å². The summed E-state index contributed by atoms with van der Waals surface area (Å²) in [5, 5.41) is 2.75. The van der Waals surface area contributed by atoms with Gasteiger partial charge < -0.3 is 10.2 Å². The fourth-order valence-electron chi connectivity index (χ4n) is 3.34. The number of nitrogens with one attached hydrogen (secondary N) is 1. The molecule has 3 rings (SSSR count). The zero-order valence-corrected chi connectivity index (χ0v) is 18.4. The zero-order valence-electron chi connectivity index (χ0n) is 18.4. The number of ketones is 2. The Morgan fingerprint density at radius 2 is 1.70 bits per heavy atom. The van der Waals surface area contributed by atoms with Gasteiger partial charge in [-0.3, -0.25) is 9.59 Å². The maximum absolute atomic E-state index is 12.8. The van der Waals surface area contributed by atoms with Crippen LogP contribution in [-0.2, 0) is 9.59 Å². The van der Waals surface area contributed by atoms with Crippen LogP contribution in [-0.4, -0.2) is 39.8 Å². The van der Waals surface area contributed by atoms with E-state index in [1.807, 2.05) is 93.8 Å². The molecule has 1 aliphatic rings. The molecule has 2 aromatic rings. The first kappa shape index (κ1) is 23.3. The monoisotopic (exact) mass is 404 g/mol. The van der Waals surface area contributed by atoms with Gasteiger partial charge in [0.05, 0.1) is 5.92 Å². The maximum atomic E-state index is 12.8. The number of hydrogen-bond donors (Lipinski definition) is 1. The highest BCUT2D eigenvalue weighted by Crippen LogP contribution is 2.28. The minimum atomic E-state index is -0.554. The number of anilines is 1. The molecule has 0 bridgehead atoms. The molecule has 0 aromatic heterocycles. The molecule has 4 heteroatoms. The van der Waals surface area contributed by atoms with Gasteiger partial charge in [-0.15, -0.1) is 0 Å². The molecule has 0 spiro atoms. The number of rotatable bonds is 5. The van der Waals surface area contributed by atoms with Crippen LogP contribution >= 0.6 is 0 Å². The number of Topliss-reactive ketones (excluding diaryl/α,β-unsaturated/α-hetero) is 1. The van der Waals surface area contributed by atoms with E-state index in [4.69, 9.17) is 0 Å². The second kappa shape index (κ2) is 11.9. The summed E-state index contributed by atoms with van der Waals surface area (Å²) in [6.45, 7) is 0. The molecule has 1 unspecified atom stereocenters. The first-order chi connectivity index (χ1) is 14.5. The summed E-state index contributed by atoms with van der Waals surface area (Å²) in [4.78, 5) is 27.5. The number of carbonyl (C=O) groups excluding carboxylic acids is 2. The highest BCUT2D eigenvalue weighted by Gasteiger charge is 2.30. The highest BCUT2D eigenvalue weighted by molar-refractivity contribution is 6.16. The standard InChI is InChI=1S/C24H25NO2.C2H7N/c1-25(2)21-12-6-10-19(17-21)14-15-23(26)22-13-7-11-20(24(22)27)16-18-8-4-3-5-9-18;1-3-2/h3-6,8-10,12,14-17,22H,7,11,13H2,1-2H3;3H,1-2H3. The smallest absolute Gasteiger partial charge is 0.169 e. The lowest BCUT2D eigenvalue weighted by molar-refractivity contribution is -0.129. The largest absolute Gasteiger partial charge is 0.378 e. The highest BCUT2D eigenvalue weighted by atomic mass is 16.1. The average Bonchev–Trinajstić information content (AvgIpc) is 2.75. The van der Waals surface area contributed by atoms with E-state index in [0.717, 1.165) is 35.2 Å². The average molecular weight is 405 g/mol. The molecule has 1 atom stereocenters.